The number of hydrogen-bond acceptors (Lipinski definition) is 5. The second-order valence-corrected chi connectivity index (χ2v) is 4.07. The number of benzene rings is 1. The van der Waals surface area contributed by atoms with Gasteiger partial charge in [0.1, 0.15) is 12.1 Å². The van der Waals surface area contributed by atoms with Crippen LogP contribution >= 0.6 is 0 Å². The Kier molecular flexibility index (Phi) is 4.41. The summed E-state index contributed by atoms with van der Waals surface area (Å²) in [7, 11) is 0. The number of nitrogens with one attached hydrogen (secondary N) is 1. The minimum absolute atomic E-state index is 0.0518. The van der Waals surface area contributed by atoms with Gasteiger partial charge in [-0.2, -0.15) is 0 Å². The molecule has 6 nitrogen and oxygen atoms in total. The van der Waals surface area contributed by atoms with E-state index in [4.69, 9.17) is 4.74 Å². The Bertz CT molecular complexity index is 634. The second kappa shape index (κ2) is 6.25. The summed E-state index contributed by atoms with van der Waals surface area (Å²) in [5.41, 5.74) is -0.152. The summed E-state index contributed by atoms with van der Waals surface area (Å²) in [6, 6.07) is 3.96. The van der Waals surface area contributed by atoms with E-state index < -0.39 is 10.7 Å². The molecule has 1 N–H and O–H groups in total. The molecule has 0 bridgehead atoms. The number of nitro benzene ring substituents is 1. The number of pyridine rings is 1. The molecule has 0 spiro atoms. The first-order valence-corrected chi connectivity index (χ1v) is 6.20. The van der Waals surface area contributed by atoms with Crippen molar-refractivity contribution in [3.63, 3.8) is 0 Å². The molecule has 0 unspecified atom stereocenters. The quantitative estimate of drug-likeness (QED) is 0.498. The van der Waals surface area contributed by atoms with E-state index in [1.54, 1.807) is 6.07 Å². The lowest BCUT2D eigenvalue weighted by Gasteiger charge is -2.10. The van der Waals surface area contributed by atoms with Crippen LogP contribution in [0.5, 0.6) is 5.75 Å². The number of ether oxygens (including phenoxy) is 1. The van der Waals surface area contributed by atoms with Crippen LogP contribution < -0.4 is 10.1 Å². The van der Waals surface area contributed by atoms with Gasteiger partial charge in [-0.25, -0.2) is 4.39 Å². The van der Waals surface area contributed by atoms with Gasteiger partial charge in [0.2, 0.25) is 0 Å². The zero-order valence-electron chi connectivity index (χ0n) is 10.9. The molecule has 0 fully saturated rings. The topological polar surface area (TPSA) is 77.3 Å². The van der Waals surface area contributed by atoms with Crippen LogP contribution in [-0.4, -0.2) is 29.6 Å². The van der Waals surface area contributed by atoms with Crippen molar-refractivity contribution >= 4 is 16.6 Å². The molecule has 7 heteroatoms. The fourth-order valence-electron chi connectivity index (χ4n) is 1.86. The molecule has 0 saturated carbocycles. The highest BCUT2D eigenvalue weighted by molar-refractivity contribution is 5.92. The average molecular weight is 279 g/mol. The molecule has 2 aromatic rings. The van der Waals surface area contributed by atoms with Crippen LogP contribution in [0.3, 0.4) is 0 Å². The van der Waals surface area contributed by atoms with E-state index in [1.165, 1.54) is 12.3 Å². The lowest BCUT2D eigenvalue weighted by Crippen LogP contribution is -2.20. The molecule has 1 aromatic carbocycles. The van der Waals surface area contributed by atoms with Crippen molar-refractivity contribution in [3.8, 4) is 5.75 Å². The largest absolute Gasteiger partial charge is 0.487 e. The molecule has 0 aliphatic heterocycles. The van der Waals surface area contributed by atoms with E-state index in [-0.39, 0.29) is 28.9 Å². The van der Waals surface area contributed by atoms with Gasteiger partial charge in [0.15, 0.2) is 11.6 Å². The van der Waals surface area contributed by atoms with E-state index in [0.717, 1.165) is 12.6 Å². The Morgan fingerprint density at radius 1 is 1.55 bits per heavy atom. The van der Waals surface area contributed by atoms with Crippen molar-refractivity contribution < 1.29 is 14.1 Å². The zero-order chi connectivity index (χ0) is 14.5. The van der Waals surface area contributed by atoms with Gasteiger partial charge in [0.25, 0.3) is 5.69 Å². The van der Waals surface area contributed by atoms with Crippen LogP contribution in [-0.2, 0) is 0 Å². The molecule has 0 aliphatic carbocycles. The molecule has 106 valence electrons. The lowest BCUT2D eigenvalue weighted by molar-refractivity contribution is -0.383. The molecule has 0 amide bonds. The highest BCUT2D eigenvalue weighted by atomic mass is 19.1. The van der Waals surface area contributed by atoms with Gasteiger partial charge < -0.3 is 10.1 Å². The number of non-ortho nitro benzene ring substituents is 1. The normalized spacial score (nSPS) is 10.7. The molecule has 2 rings (SSSR count). The monoisotopic (exact) mass is 279 g/mol. The minimum atomic E-state index is -0.778. The van der Waals surface area contributed by atoms with Gasteiger partial charge in [0.05, 0.1) is 16.4 Å². The Hall–Kier alpha value is -2.28. The Balaban J connectivity index is 2.42. The Morgan fingerprint density at radius 2 is 2.35 bits per heavy atom. The molecule has 1 heterocycles. The molecule has 20 heavy (non-hydrogen) atoms. The smallest absolute Gasteiger partial charge is 0.281 e. The summed E-state index contributed by atoms with van der Waals surface area (Å²) in [4.78, 5) is 14.3. The van der Waals surface area contributed by atoms with Crippen molar-refractivity contribution in [1.82, 2.24) is 10.3 Å². The third-order valence-corrected chi connectivity index (χ3v) is 2.75. The number of fused-ring (bicyclic) bond motifs is 1. The van der Waals surface area contributed by atoms with Crippen LogP contribution in [0.4, 0.5) is 10.1 Å². The van der Waals surface area contributed by atoms with Gasteiger partial charge in [-0.05, 0) is 18.7 Å². The average Bonchev–Trinajstić information content (AvgIpc) is 2.44. The number of halogens is 1. The highest BCUT2D eigenvalue weighted by Crippen LogP contribution is 2.34. The van der Waals surface area contributed by atoms with E-state index in [1.807, 2.05) is 6.92 Å². The molecule has 0 saturated heterocycles. The molecular formula is C13H14FN3O3. The first kappa shape index (κ1) is 14.1. The van der Waals surface area contributed by atoms with E-state index in [0.29, 0.717) is 6.54 Å². The maximum Gasteiger partial charge on any atom is 0.281 e. The maximum atomic E-state index is 14.0. The third kappa shape index (κ3) is 2.83. The minimum Gasteiger partial charge on any atom is -0.487 e. The standard InChI is InChI=1S/C13H14FN3O3/c1-2-15-6-7-20-13-10(14)8-11(17(18)19)9-4-3-5-16-12(9)13/h3-5,8,15H,2,6-7H2,1H3. The SMILES string of the molecule is CCNCCOc1c(F)cc([N+](=O)[O-])c2cccnc12. The lowest BCUT2D eigenvalue weighted by atomic mass is 10.1. The van der Waals surface area contributed by atoms with Crippen molar-refractivity contribution in [2.45, 2.75) is 6.92 Å². The van der Waals surface area contributed by atoms with Gasteiger partial charge in [-0.15, -0.1) is 0 Å². The first-order chi connectivity index (χ1) is 9.65. The molecule has 0 aliphatic rings. The van der Waals surface area contributed by atoms with Crippen LogP contribution in [0.2, 0.25) is 0 Å². The summed E-state index contributed by atoms with van der Waals surface area (Å²) in [6.07, 6.45) is 1.45. The van der Waals surface area contributed by atoms with Crippen LogP contribution in [0.15, 0.2) is 24.4 Å². The molecule has 1 aromatic heterocycles. The summed E-state index contributed by atoms with van der Waals surface area (Å²) in [6.45, 7) is 3.55. The number of rotatable bonds is 6. The summed E-state index contributed by atoms with van der Waals surface area (Å²) >= 11 is 0. The maximum absolute atomic E-state index is 14.0. The summed E-state index contributed by atoms with van der Waals surface area (Å²) in [5.74, 6) is -0.830. The van der Waals surface area contributed by atoms with E-state index in [9.17, 15) is 14.5 Å². The van der Waals surface area contributed by atoms with E-state index >= 15 is 0 Å². The van der Waals surface area contributed by atoms with Gasteiger partial charge >= 0.3 is 0 Å². The Morgan fingerprint density at radius 3 is 3.05 bits per heavy atom. The van der Waals surface area contributed by atoms with Gasteiger partial charge in [-0.3, -0.25) is 15.1 Å². The van der Waals surface area contributed by atoms with Crippen molar-refractivity contribution in [2.75, 3.05) is 19.7 Å². The molecular weight excluding hydrogens is 265 g/mol. The number of hydrogen-bond donors (Lipinski definition) is 1. The summed E-state index contributed by atoms with van der Waals surface area (Å²) < 4.78 is 19.3. The predicted molar refractivity (Wildman–Crippen MR) is 72.4 cm³/mol. The van der Waals surface area contributed by atoms with Crippen molar-refractivity contribution in [3.05, 3.63) is 40.3 Å². The van der Waals surface area contributed by atoms with Crippen LogP contribution in [0.1, 0.15) is 6.92 Å². The van der Waals surface area contributed by atoms with E-state index in [2.05, 4.69) is 10.3 Å². The number of nitro groups is 1. The summed E-state index contributed by atoms with van der Waals surface area (Å²) in [5, 5.41) is 14.2. The number of likely N-dealkylation sites (N-methyl/N-ethyl adjacent to an activating group) is 1. The van der Waals surface area contributed by atoms with Gasteiger partial charge in [-0.1, -0.05) is 6.92 Å². The zero-order valence-corrected chi connectivity index (χ0v) is 10.9. The van der Waals surface area contributed by atoms with Crippen molar-refractivity contribution in [1.29, 1.82) is 0 Å². The fraction of sp³-hybridized carbons (Fsp3) is 0.308. The Labute approximate surface area is 114 Å². The number of aromatic nitrogens is 1. The third-order valence-electron chi connectivity index (χ3n) is 2.75. The second-order valence-electron chi connectivity index (χ2n) is 4.07. The first-order valence-electron chi connectivity index (χ1n) is 6.20. The fourth-order valence-corrected chi connectivity index (χ4v) is 1.86. The van der Waals surface area contributed by atoms with Gasteiger partial charge in [0, 0.05) is 12.7 Å². The van der Waals surface area contributed by atoms with Crippen molar-refractivity contribution in [2.24, 2.45) is 0 Å². The predicted octanol–water partition coefficient (Wildman–Crippen LogP) is 2.27. The van der Waals surface area contributed by atoms with Crippen LogP contribution in [0.25, 0.3) is 10.9 Å². The molecule has 0 atom stereocenters. The molecule has 0 radical (unpaired) electrons. The van der Waals surface area contributed by atoms with Crippen LogP contribution in [0, 0.1) is 15.9 Å². The number of nitrogens with zero attached hydrogens (tertiary/aromatic N) is 2. The highest BCUT2D eigenvalue weighted by Gasteiger charge is 2.20.